The van der Waals surface area contributed by atoms with E-state index in [4.69, 9.17) is 6.42 Å². The lowest BCUT2D eigenvalue weighted by Crippen LogP contribution is -2.25. The molecule has 1 amide bonds. The number of phenols is 1. The van der Waals surface area contributed by atoms with Crippen molar-refractivity contribution >= 4 is 17.7 Å². The highest BCUT2D eigenvalue weighted by atomic mass is 32.2. The fraction of sp³-hybridized carbons (Fsp3) is 0.167. The molecule has 0 saturated heterocycles. The summed E-state index contributed by atoms with van der Waals surface area (Å²) in [6, 6.07) is 6.42. The van der Waals surface area contributed by atoms with Gasteiger partial charge in [-0.1, -0.05) is 17.7 Å². The second-order valence-electron chi connectivity index (χ2n) is 3.66. The maximum Gasteiger partial charge on any atom is 0.231 e. The van der Waals surface area contributed by atoms with E-state index in [0.29, 0.717) is 10.8 Å². The number of hydrogen-bond donors (Lipinski definition) is 2. The monoisotopic (exact) mass is 289 g/mol. The van der Waals surface area contributed by atoms with Gasteiger partial charge in [0.2, 0.25) is 11.1 Å². The Hall–Kier alpha value is -2.53. The van der Waals surface area contributed by atoms with E-state index >= 15 is 0 Å². The number of carbonyl (C=O) groups is 1. The number of benzene rings is 1. The minimum Gasteiger partial charge on any atom is -0.508 e. The van der Waals surface area contributed by atoms with Crippen LogP contribution >= 0.6 is 11.8 Å². The van der Waals surface area contributed by atoms with Crippen LogP contribution in [0.3, 0.4) is 0 Å². The lowest BCUT2D eigenvalue weighted by Gasteiger charge is -2.04. The molecule has 0 atom stereocenters. The van der Waals surface area contributed by atoms with Gasteiger partial charge < -0.3 is 10.4 Å². The van der Waals surface area contributed by atoms with Crippen molar-refractivity contribution in [2.24, 2.45) is 0 Å². The molecule has 0 saturated carbocycles. The first kappa shape index (κ1) is 13.9. The number of hydrogen-bond acceptors (Lipinski definition) is 6. The summed E-state index contributed by atoms with van der Waals surface area (Å²) in [4.78, 5) is 11.5. The quantitative estimate of drug-likeness (QED) is 0.604. The van der Waals surface area contributed by atoms with Crippen LogP contribution in [0.5, 0.6) is 5.75 Å². The normalized spacial score (nSPS) is 9.95. The van der Waals surface area contributed by atoms with Gasteiger partial charge in [-0.15, -0.1) is 11.5 Å². The van der Waals surface area contributed by atoms with Crippen LogP contribution in [0, 0.1) is 12.3 Å². The maximum atomic E-state index is 11.5. The van der Waals surface area contributed by atoms with E-state index in [1.807, 2.05) is 0 Å². The van der Waals surface area contributed by atoms with Gasteiger partial charge in [0.05, 0.1) is 18.0 Å². The first-order valence-corrected chi connectivity index (χ1v) is 6.60. The second-order valence-corrected chi connectivity index (χ2v) is 4.60. The summed E-state index contributed by atoms with van der Waals surface area (Å²) >= 11 is 1.20. The third-order valence-electron chi connectivity index (χ3n) is 2.26. The number of phenolic OH excluding ortho intramolecular Hbond substituents is 1. The maximum absolute atomic E-state index is 11.5. The predicted molar refractivity (Wildman–Crippen MR) is 73.4 cm³/mol. The van der Waals surface area contributed by atoms with Crippen LogP contribution in [0.15, 0.2) is 29.4 Å². The average Bonchev–Trinajstić information content (AvgIpc) is 2.92. The highest BCUT2D eigenvalue weighted by Crippen LogP contribution is 2.19. The molecule has 2 N–H and O–H groups in total. The van der Waals surface area contributed by atoms with Crippen LogP contribution < -0.4 is 5.32 Å². The smallest absolute Gasteiger partial charge is 0.231 e. The summed E-state index contributed by atoms with van der Waals surface area (Å²) in [6.45, 7) is 0.197. The molecule has 0 bridgehead atoms. The first-order valence-electron chi connectivity index (χ1n) is 5.61. The van der Waals surface area contributed by atoms with Crippen molar-refractivity contribution in [3.8, 4) is 23.8 Å². The predicted octanol–water partition coefficient (Wildman–Crippen LogP) is 0.209. The Kier molecular flexibility index (Phi) is 4.57. The van der Waals surface area contributed by atoms with E-state index in [0.717, 1.165) is 0 Å². The molecule has 1 heterocycles. The Balaban J connectivity index is 2.04. The van der Waals surface area contributed by atoms with Crippen molar-refractivity contribution in [1.82, 2.24) is 25.5 Å². The Morgan fingerprint density at radius 2 is 2.20 bits per heavy atom. The second kappa shape index (κ2) is 6.58. The van der Waals surface area contributed by atoms with Crippen LogP contribution in [0.4, 0.5) is 0 Å². The zero-order valence-corrected chi connectivity index (χ0v) is 11.2. The van der Waals surface area contributed by atoms with E-state index < -0.39 is 0 Å². The van der Waals surface area contributed by atoms with E-state index in [9.17, 15) is 9.90 Å². The van der Waals surface area contributed by atoms with E-state index in [1.165, 1.54) is 28.6 Å². The third kappa shape index (κ3) is 3.49. The molecule has 2 rings (SSSR count). The van der Waals surface area contributed by atoms with E-state index in [2.05, 4.69) is 26.8 Å². The molecule has 102 valence electrons. The molecular formula is C12H11N5O2S. The number of thioether (sulfide) groups is 1. The van der Waals surface area contributed by atoms with Crippen molar-refractivity contribution in [2.45, 2.75) is 5.16 Å². The van der Waals surface area contributed by atoms with E-state index in [-0.39, 0.29) is 24.0 Å². The molecule has 2 aromatic rings. The molecule has 20 heavy (non-hydrogen) atoms. The number of nitrogens with one attached hydrogen (secondary N) is 1. The van der Waals surface area contributed by atoms with Crippen LogP contribution in [0.25, 0.3) is 5.69 Å². The van der Waals surface area contributed by atoms with Crippen molar-refractivity contribution in [2.75, 3.05) is 12.3 Å². The molecular weight excluding hydrogens is 278 g/mol. The Morgan fingerprint density at radius 3 is 2.90 bits per heavy atom. The summed E-state index contributed by atoms with van der Waals surface area (Å²) in [7, 11) is 0. The number of amides is 1. The van der Waals surface area contributed by atoms with Crippen molar-refractivity contribution in [3.05, 3.63) is 24.3 Å². The summed E-state index contributed by atoms with van der Waals surface area (Å²) < 4.78 is 1.48. The molecule has 7 nitrogen and oxygen atoms in total. The fourth-order valence-electron chi connectivity index (χ4n) is 1.36. The zero-order valence-electron chi connectivity index (χ0n) is 10.4. The minimum atomic E-state index is -0.187. The fourth-order valence-corrected chi connectivity index (χ4v) is 2.08. The minimum absolute atomic E-state index is 0.157. The Labute approximate surface area is 119 Å². The summed E-state index contributed by atoms with van der Waals surface area (Å²) in [5.74, 6) is 2.46. The van der Waals surface area contributed by atoms with Gasteiger partial charge in [-0.2, -0.15) is 4.68 Å². The number of tetrazole rings is 1. The van der Waals surface area contributed by atoms with Gasteiger partial charge in [-0.25, -0.2) is 0 Å². The largest absolute Gasteiger partial charge is 0.508 e. The average molecular weight is 289 g/mol. The van der Waals surface area contributed by atoms with Gasteiger partial charge in [0.1, 0.15) is 5.75 Å². The Bertz CT molecular complexity index is 632. The summed E-state index contributed by atoms with van der Waals surface area (Å²) in [6.07, 6.45) is 5.05. The van der Waals surface area contributed by atoms with Crippen molar-refractivity contribution in [3.63, 3.8) is 0 Å². The van der Waals surface area contributed by atoms with Crippen LogP contribution in [-0.4, -0.2) is 43.5 Å². The molecule has 1 aromatic heterocycles. The van der Waals surface area contributed by atoms with E-state index in [1.54, 1.807) is 12.1 Å². The zero-order chi connectivity index (χ0) is 14.4. The van der Waals surface area contributed by atoms with Crippen molar-refractivity contribution in [1.29, 1.82) is 0 Å². The van der Waals surface area contributed by atoms with Gasteiger partial charge in [0.25, 0.3) is 0 Å². The molecule has 0 fully saturated rings. The van der Waals surface area contributed by atoms with Gasteiger partial charge in [-0.05, 0) is 34.7 Å². The van der Waals surface area contributed by atoms with Gasteiger partial charge in [0.15, 0.2) is 0 Å². The summed E-state index contributed by atoms with van der Waals surface area (Å²) in [5.41, 5.74) is 0.694. The topological polar surface area (TPSA) is 92.9 Å². The third-order valence-corrected chi connectivity index (χ3v) is 3.17. The number of carbonyl (C=O) groups excluding carboxylic acids is 1. The molecule has 0 aliphatic rings. The van der Waals surface area contributed by atoms with Crippen LogP contribution in [0.2, 0.25) is 0 Å². The number of nitrogens with zero attached hydrogens (tertiary/aromatic N) is 4. The number of terminal acetylenes is 1. The van der Waals surface area contributed by atoms with Gasteiger partial charge in [-0.3, -0.25) is 4.79 Å². The Morgan fingerprint density at radius 1 is 1.45 bits per heavy atom. The molecule has 0 unspecified atom stereocenters. The lowest BCUT2D eigenvalue weighted by atomic mass is 10.3. The molecule has 0 aliphatic heterocycles. The molecule has 0 radical (unpaired) electrons. The SMILES string of the molecule is C#CCNC(=O)CSc1nnnn1-c1ccc(O)cc1. The number of aromatic hydroxyl groups is 1. The molecule has 0 spiro atoms. The molecule has 8 heteroatoms. The first-order chi connectivity index (χ1) is 9.70. The molecule has 0 aliphatic carbocycles. The van der Waals surface area contributed by atoms with Gasteiger partial charge in [0, 0.05) is 0 Å². The highest BCUT2D eigenvalue weighted by Gasteiger charge is 2.11. The molecule has 1 aromatic carbocycles. The van der Waals surface area contributed by atoms with Crippen LogP contribution in [-0.2, 0) is 4.79 Å². The van der Waals surface area contributed by atoms with Crippen molar-refractivity contribution < 1.29 is 9.90 Å². The lowest BCUT2D eigenvalue weighted by molar-refractivity contribution is -0.118. The number of aromatic nitrogens is 4. The standard InChI is InChI=1S/C12H11N5O2S/c1-2-7-13-11(19)8-20-12-14-15-16-17(12)9-3-5-10(18)6-4-9/h1,3-6,18H,7-8H2,(H,13,19). The highest BCUT2D eigenvalue weighted by molar-refractivity contribution is 7.99. The summed E-state index contributed by atoms with van der Waals surface area (Å²) in [5, 5.41) is 23.6. The number of rotatable bonds is 5. The van der Waals surface area contributed by atoms with Gasteiger partial charge >= 0.3 is 0 Å². The van der Waals surface area contributed by atoms with Crippen LogP contribution in [0.1, 0.15) is 0 Å².